The van der Waals surface area contributed by atoms with E-state index in [1.165, 1.54) is 16.8 Å². The first kappa shape index (κ1) is 20.4. The fourth-order valence-electron chi connectivity index (χ4n) is 4.32. The highest BCUT2D eigenvalue weighted by molar-refractivity contribution is 7.99. The van der Waals surface area contributed by atoms with Crippen LogP contribution in [0.4, 0.5) is 0 Å². The van der Waals surface area contributed by atoms with E-state index in [0.29, 0.717) is 11.7 Å². The van der Waals surface area contributed by atoms with Crippen LogP contribution in [0.2, 0.25) is 0 Å². The van der Waals surface area contributed by atoms with Crippen molar-refractivity contribution in [2.75, 3.05) is 31.1 Å². The summed E-state index contributed by atoms with van der Waals surface area (Å²) in [7, 11) is 0. The van der Waals surface area contributed by atoms with Crippen LogP contribution >= 0.6 is 11.8 Å². The quantitative estimate of drug-likeness (QED) is 0.756. The Morgan fingerprint density at radius 3 is 2.83 bits per heavy atom. The molecular weight excluding hydrogens is 382 g/mol. The summed E-state index contributed by atoms with van der Waals surface area (Å²) in [6.45, 7) is 5.69. The summed E-state index contributed by atoms with van der Waals surface area (Å²) in [5.41, 5.74) is 4.49. The molecule has 1 N–H and O–H groups in total. The van der Waals surface area contributed by atoms with Crippen LogP contribution in [-0.4, -0.2) is 62.8 Å². The average molecular weight is 414 g/mol. The van der Waals surface area contributed by atoms with E-state index in [4.69, 9.17) is 5.10 Å². The van der Waals surface area contributed by atoms with Gasteiger partial charge in [-0.3, -0.25) is 14.5 Å². The minimum absolute atomic E-state index is 0.133. The number of nitrogens with zero attached hydrogens (tertiary/aromatic N) is 4. The number of amides is 1. The average Bonchev–Trinajstić information content (AvgIpc) is 3.13. The van der Waals surface area contributed by atoms with Crippen molar-refractivity contribution < 1.29 is 4.79 Å². The van der Waals surface area contributed by atoms with Crippen molar-refractivity contribution in [2.24, 2.45) is 0 Å². The molecule has 2 aromatic rings. The largest absolute Gasteiger partial charge is 0.336 e. The summed E-state index contributed by atoms with van der Waals surface area (Å²) >= 11 is 1.93. The number of carbonyl (C=O) groups excluding carboxylic acids is 1. The predicted molar refractivity (Wildman–Crippen MR) is 118 cm³/mol. The highest BCUT2D eigenvalue weighted by atomic mass is 32.2. The van der Waals surface area contributed by atoms with Crippen molar-refractivity contribution in [1.82, 2.24) is 25.0 Å². The highest BCUT2D eigenvalue weighted by Crippen LogP contribution is 2.27. The van der Waals surface area contributed by atoms with Crippen LogP contribution in [0.1, 0.15) is 47.1 Å². The first-order valence-electron chi connectivity index (χ1n) is 10.8. The predicted octanol–water partition coefficient (Wildman–Crippen LogP) is 2.57. The molecule has 29 heavy (non-hydrogen) atoms. The Kier molecular flexibility index (Phi) is 6.87. The molecule has 2 aromatic heterocycles. The molecule has 3 heterocycles. The van der Waals surface area contributed by atoms with E-state index >= 15 is 0 Å². The Labute approximate surface area is 177 Å². The van der Waals surface area contributed by atoms with Gasteiger partial charge in [0.15, 0.2) is 5.69 Å². The molecule has 0 radical (unpaired) electrons. The van der Waals surface area contributed by atoms with E-state index < -0.39 is 0 Å². The summed E-state index contributed by atoms with van der Waals surface area (Å²) in [5.74, 6) is 2.19. The molecule has 1 saturated heterocycles. The van der Waals surface area contributed by atoms with Gasteiger partial charge >= 0.3 is 0 Å². The number of hydrogen-bond acceptors (Lipinski definition) is 5. The molecule has 1 aliphatic carbocycles. The topological polar surface area (TPSA) is 63.1 Å². The minimum atomic E-state index is 0.133. The number of carbonyl (C=O) groups is 1. The summed E-state index contributed by atoms with van der Waals surface area (Å²) in [6.07, 6.45) is 8.74. The molecule has 4 rings (SSSR count). The van der Waals surface area contributed by atoms with Crippen molar-refractivity contribution in [2.45, 2.75) is 51.6 Å². The summed E-state index contributed by atoms with van der Waals surface area (Å²) in [4.78, 5) is 19.3. The van der Waals surface area contributed by atoms with Gasteiger partial charge in [-0.1, -0.05) is 6.92 Å². The lowest BCUT2D eigenvalue weighted by Crippen LogP contribution is -2.40. The maximum Gasteiger partial charge on any atom is 0.274 e. The fraction of sp³-hybridized carbons (Fsp3) is 0.591. The Morgan fingerprint density at radius 1 is 1.28 bits per heavy atom. The van der Waals surface area contributed by atoms with E-state index in [1.54, 1.807) is 0 Å². The third-order valence-corrected chi connectivity index (χ3v) is 6.82. The maximum absolute atomic E-state index is 13.2. The number of fused-ring (bicyclic) bond motifs is 1. The number of aryl methyl sites for hydroxylation is 1. The normalized spacial score (nSPS) is 19.2. The molecule has 6 nitrogen and oxygen atoms in total. The van der Waals surface area contributed by atoms with Crippen LogP contribution in [0.15, 0.2) is 24.5 Å². The number of nitrogens with one attached hydrogen (secondary N) is 1. The van der Waals surface area contributed by atoms with Gasteiger partial charge in [0.2, 0.25) is 0 Å². The SMILES string of the molecule is CCCn1nc(C(=O)N2CCSCC2)c2c1CCC(NCCc1ccncc1)C2. The van der Waals surface area contributed by atoms with Crippen molar-refractivity contribution >= 4 is 17.7 Å². The van der Waals surface area contributed by atoms with Gasteiger partial charge in [-0.25, -0.2) is 0 Å². The molecule has 0 bridgehead atoms. The van der Waals surface area contributed by atoms with Gasteiger partial charge in [0.1, 0.15) is 0 Å². The zero-order chi connectivity index (χ0) is 20.1. The molecular formula is C22H31N5OS. The van der Waals surface area contributed by atoms with Crippen LogP contribution in [0.3, 0.4) is 0 Å². The standard InChI is InChI=1S/C22H31N5OS/c1-2-11-27-20-4-3-18(24-10-7-17-5-8-23-9-6-17)16-19(20)21(25-27)22(28)26-12-14-29-15-13-26/h5-6,8-9,18,24H,2-4,7,10-16H2,1H3. The second kappa shape index (κ2) is 9.76. The van der Waals surface area contributed by atoms with E-state index in [9.17, 15) is 4.79 Å². The summed E-state index contributed by atoms with van der Waals surface area (Å²) < 4.78 is 2.11. The Balaban J connectivity index is 1.45. The number of rotatable bonds is 7. The van der Waals surface area contributed by atoms with E-state index in [2.05, 4.69) is 34.0 Å². The van der Waals surface area contributed by atoms with E-state index in [1.807, 2.05) is 29.1 Å². The second-order valence-corrected chi connectivity index (χ2v) is 9.13. The van der Waals surface area contributed by atoms with Gasteiger partial charge in [-0.15, -0.1) is 0 Å². The van der Waals surface area contributed by atoms with Crippen molar-refractivity contribution in [1.29, 1.82) is 0 Å². The summed E-state index contributed by atoms with van der Waals surface area (Å²) in [5, 5.41) is 8.52. The molecule has 7 heteroatoms. The van der Waals surface area contributed by atoms with E-state index in [0.717, 1.165) is 69.8 Å². The number of aromatic nitrogens is 3. The first-order chi connectivity index (χ1) is 14.3. The lowest BCUT2D eigenvalue weighted by atomic mass is 9.91. The van der Waals surface area contributed by atoms with Crippen LogP contribution < -0.4 is 5.32 Å². The Bertz CT molecular complexity index is 816. The Hall–Kier alpha value is -1.86. The van der Waals surface area contributed by atoms with Crippen LogP contribution in [0, 0.1) is 0 Å². The molecule has 2 aliphatic rings. The zero-order valence-corrected chi connectivity index (χ0v) is 18.1. The molecule has 1 aliphatic heterocycles. The third-order valence-electron chi connectivity index (χ3n) is 5.88. The van der Waals surface area contributed by atoms with Crippen molar-refractivity contribution in [3.63, 3.8) is 0 Å². The molecule has 1 unspecified atom stereocenters. The summed E-state index contributed by atoms with van der Waals surface area (Å²) in [6, 6.07) is 4.55. The molecule has 0 aromatic carbocycles. The number of thioether (sulfide) groups is 1. The van der Waals surface area contributed by atoms with Gasteiger partial charge in [0.05, 0.1) is 0 Å². The Morgan fingerprint density at radius 2 is 2.07 bits per heavy atom. The monoisotopic (exact) mass is 413 g/mol. The van der Waals surface area contributed by atoms with Gasteiger partial charge in [0, 0.05) is 60.8 Å². The van der Waals surface area contributed by atoms with Gasteiger partial charge < -0.3 is 10.2 Å². The van der Waals surface area contributed by atoms with Crippen molar-refractivity contribution in [3.05, 3.63) is 47.0 Å². The second-order valence-electron chi connectivity index (χ2n) is 7.90. The van der Waals surface area contributed by atoms with Crippen LogP contribution in [0.5, 0.6) is 0 Å². The third kappa shape index (κ3) is 4.83. The first-order valence-corrected chi connectivity index (χ1v) is 12.0. The molecule has 1 amide bonds. The highest BCUT2D eigenvalue weighted by Gasteiger charge is 2.31. The maximum atomic E-state index is 13.2. The van der Waals surface area contributed by atoms with Crippen LogP contribution in [0.25, 0.3) is 0 Å². The van der Waals surface area contributed by atoms with Gasteiger partial charge in [-0.05, 0) is 56.3 Å². The molecule has 0 spiro atoms. The van der Waals surface area contributed by atoms with E-state index in [-0.39, 0.29) is 5.91 Å². The van der Waals surface area contributed by atoms with Crippen LogP contribution in [-0.2, 0) is 25.8 Å². The van der Waals surface area contributed by atoms with Gasteiger partial charge in [0.25, 0.3) is 5.91 Å². The fourth-order valence-corrected chi connectivity index (χ4v) is 5.22. The molecule has 1 fully saturated rings. The zero-order valence-electron chi connectivity index (χ0n) is 17.3. The molecule has 156 valence electrons. The minimum Gasteiger partial charge on any atom is -0.336 e. The number of hydrogen-bond donors (Lipinski definition) is 1. The van der Waals surface area contributed by atoms with Gasteiger partial charge in [-0.2, -0.15) is 16.9 Å². The lowest BCUT2D eigenvalue weighted by molar-refractivity contribution is 0.0764. The number of pyridine rings is 1. The molecule has 1 atom stereocenters. The smallest absolute Gasteiger partial charge is 0.274 e. The van der Waals surface area contributed by atoms with Crippen molar-refractivity contribution in [3.8, 4) is 0 Å². The lowest BCUT2D eigenvalue weighted by Gasteiger charge is -2.27. The molecule has 0 saturated carbocycles.